The van der Waals surface area contributed by atoms with Gasteiger partial charge in [0.1, 0.15) is 12.8 Å². The topological polar surface area (TPSA) is 121 Å². The van der Waals surface area contributed by atoms with E-state index < -0.39 is 44.5 Å². The molecule has 0 saturated carbocycles. The highest BCUT2D eigenvalue weighted by Crippen LogP contribution is 2.38. The molecular formula is C22H19ClF3N5O4S. The molecule has 0 aliphatic rings. The number of nitrogens with one attached hydrogen (secondary N) is 1. The van der Waals surface area contributed by atoms with Crippen LogP contribution in [-0.4, -0.2) is 47.5 Å². The summed E-state index contributed by atoms with van der Waals surface area (Å²) < 4.78 is 73.3. The van der Waals surface area contributed by atoms with Gasteiger partial charge in [0.05, 0.1) is 33.1 Å². The fraction of sp³-hybridized carbons (Fsp3) is 0.227. The molecule has 0 amide bonds. The number of halogens is 4. The lowest BCUT2D eigenvalue weighted by molar-refractivity contribution is -0.137. The second kappa shape index (κ2) is 9.65. The predicted molar refractivity (Wildman–Crippen MR) is 125 cm³/mol. The summed E-state index contributed by atoms with van der Waals surface area (Å²) in [5.74, 6) is 0. The molecule has 3 heterocycles. The summed E-state index contributed by atoms with van der Waals surface area (Å²) in [6.45, 7) is 1.07. The Labute approximate surface area is 208 Å². The molecule has 1 aromatic carbocycles. The van der Waals surface area contributed by atoms with Crippen LogP contribution in [0.25, 0.3) is 11.0 Å². The van der Waals surface area contributed by atoms with Crippen LogP contribution in [0, 0.1) is 6.92 Å². The van der Waals surface area contributed by atoms with Crippen molar-refractivity contribution < 1.29 is 31.4 Å². The zero-order chi connectivity index (χ0) is 26.3. The molecule has 36 heavy (non-hydrogen) atoms. The third-order valence-electron chi connectivity index (χ3n) is 5.32. The van der Waals surface area contributed by atoms with E-state index in [1.807, 2.05) is 0 Å². The molecule has 0 radical (unpaired) electrons. The summed E-state index contributed by atoms with van der Waals surface area (Å²) in [4.78, 5) is 7.71. The minimum atomic E-state index is -4.88. The number of hydrogen-bond donors (Lipinski definition) is 2. The molecule has 9 nitrogen and oxygen atoms in total. The average molecular weight is 542 g/mol. The fourth-order valence-electron chi connectivity index (χ4n) is 3.63. The predicted octanol–water partition coefficient (Wildman–Crippen LogP) is 4.21. The number of rotatable bonds is 7. The van der Waals surface area contributed by atoms with Gasteiger partial charge >= 0.3 is 6.18 Å². The Morgan fingerprint density at radius 3 is 2.64 bits per heavy atom. The maximum absolute atomic E-state index is 13.6. The number of aliphatic hydroxyl groups excluding tert-OH is 1. The molecule has 1 atom stereocenters. The second-order valence-corrected chi connectivity index (χ2v) is 10.0. The Hall–Kier alpha value is -3.26. The number of aryl methyl sites for hydroxylation is 1. The molecule has 4 aromatic rings. The number of alkyl halides is 3. The number of fused-ring (bicyclic) bond motifs is 1. The SMILES string of the molecule is COCN(c1cc(C)cnc1C(O)c1ccnc2[nH]ncc12)S(=O)(=O)c1ccc(Cl)c(C(F)(F)F)c1. The Morgan fingerprint density at radius 1 is 1.19 bits per heavy atom. The smallest absolute Gasteiger partial charge is 0.382 e. The number of pyridine rings is 2. The number of aromatic nitrogens is 4. The zero-order valence-electron chi connectivity index (χ0n) is 18.8. The van der Waals surface area contributed by atoms with Gasteiger partial charge < -0.3 is 9.84 Å². The van der Waals surface area contributed by atoms with Crippen molar-refractivity contribution in [1.29, 1.82) is 0 Å². The highest BCUT2D eigenvalue weighted by Gasteiger charge is 2.36. The van der Waals surface area contributed by atoms with Crippen LogP contribution in [0.15, 0.2) is 53.8 Å². The van der Waals surface area contributed by atoms with Gasteiger partial charge in [0.2, 0.25) is 0 Å². The number of aliphatic hydroxyl groups is 1. The van der Waals surface area contributed by atoms with E-state index in [-0.39, 0.29) is 11.4 Å². The van der Waals surface area contributed by atoms with Gasteiger partial charge in [-0.3, -0.25) is 10.1 Å². The standard InChI is InChI=1S/C22H19ClF3N5O4S/c1-12-7-18(19(28-9-12)20(32)14-5-6-27-21-15(14)10-29-30-21)31(11-35-2)36(33,34)13-3-4-17(23)16(8-13)22(24,25)26/h3-10,20,32H,11H2,1-2H3,(H,27,29,30). The molecular weight excluding hydrogens is 523 g/mol. The van der Waals surface area contributed by atoms with E-state index in [0.717, 1.165) is 16.4 Å². The van der Waals surface area contributed by atoms with E-state index in [1.54, 1.807) is 6.92 Å². The Balaban J connectivity index is 1.88. The van der Waals surface area contributed by atoms with Gasteiger partial charge in [-0.25, -0.2) is 17.7 Å². The second-order valence-electron chi connectivity index (χ2n) is 7.76. The largest absolute Gasteiger partial charge is 0.417 e. The van der Waals surface area contributed by atoms with Gasteiger partial charge in [0, 0.05) is 30.5 Å². The van der Waals surface area contributed by atoms with E-state index >= 15 is 0 Å². The van der Waals surface area contributed by atoms with Gasteiger partial charge in [-0.05, 0) is 42.8 Å². The van der Waals surface area contributed by atoms with E-state index in [4.69, 9.17) is 16.3 Å². The molecule has 14 heteroatoms. The number of benzene rings is 1. The van der Waals surface area contributed by atoms with Crippen LogP contribution >= 0.6 is 11.6 Å². The minimum Gasteiger partial charge on any atom is -0.382 e. The van der Waals surface area contributed by atoms with Crippen molar-refractivity contribution in [2.24, 2.45) is 0 Å². The molecule has 3 aromatic heterocycles. The van der Waals surface area contributed by atoms with Crippen LogP contribution in [0.3, 0.4) is 0 Å². The van der Waals surface area contributed by atoms with Crippen LogP contribution < -0.4 is 4.31 Å². The van der Waals surface area contributed by atoms with Gasteiger partial charge in [0.15, 0.2) is 5.65 Å². The number of hydrogen-bond acceptors (Lipinski definition) is 7. The molecule has 0 saturated heterocycles. The van der Waals surface area contributed by atoms with Gasteiger partial charge in [-0.1, -0.05) is 11.6 Å². The third kappa shape index (κ3) is 4.74. The maximum Gasteiger partial charge on any atom is 0.417 e. The van der Waals surface area contributed by atoms with Crippen molar-refractivity contribution in [3.05, 3.63) is 76.3 Å². The molecule has 190 valence electrons. The highest BCUT2D eigenvalue weighted by atomic mass is 35.5. The van der Waals surface area contributed by atoms with Crippen molar-refractivity contribution in [2.75, 3.05) is 18.1 Å². The van der Waals surface area contributed by atoms with Gasteiger partial charge in [-0.2, -0.15) is 18.3 Å². The van der Waals surface area contributed by atoms with E-state index in [2.05, 4.69) is 20.2 Å². The quantitative estimate of drug-likeness (QED) is 0.336. The van der Waals surface area contributed by atoms with E-state index in [1.165, 1.54) is 37.8 Å². The summed E-state index contributed by atoms with van der Waals surface area (Å²) in [5, 5.41) is 17.7. The lowest BCUT2D eigenvalue weighted by Crippen LogP contribution is -2.34. The van der Waals surface area contributed by atoms with Crippen molar-refractivity contribution in [3.8, 4) is 0 Å². The molecule has 0 fully saturated rings. The fourth-order valence-corrected chi connectivity index (χ4v) is 5.26. The normalized spacial score (nSPS) is 13.2. The Bertz CT molecular complexity index is 1530. The van der Waals surface area contributed by atoms with E-state index in [0.29, 0.717) is 28.2 Å². The lowest BCUT2D eigenvalue weighted by atomic mass is 10.0. The molecule has 0 spiro atoms. The zero-order valence-corrected chi connectivity index (χ0v) is 20.4. The number of aromatic amines is 1. The van der Waals surface area contributed by atoms with Crippen molar-refractivity contribution in [3.63, 3.8) is 0 Å². The number of methoxy groups -OCH3 is 1. The third-order valence-corrected chi connectivity index (χ3v) is 7.38. The first-order valence-electron chi connectivity index (χ1n) is 10.3. The number of ether oxygens (including phenoxy) is 1. The number of anilines is 1. The maximum atomic E-state index is 13.6. The summed E-state index contributed by atoms with van der Waals surface area (Å²) in [6.07, 6.45) is -2.00. The number of sulfonamides is 1. The average Bonchev–Trinajstić information content (AvgIpc) is 3.30. The lowest BCUT2D eigenvalue weighted by Gasteiger charge is -2.27. The van der Waals surface area contributed by atoms with Gasteiger partial charge in [0.25, 0.3) is 10.0 Å². The highest BCUT2D eigenvalue weighted by molar-refractivity contribution is 7.92. The van der Waals surface area contributed by atoms with E-state index in [9.17, 15) is 26.7 Å². The summed E-state index contributed by atoms with van der Waals surface area (Å²) >= 11 is 5.67. The van der Waals surface area contributed by atoms with Crippen LogP contribution in [0.4, 0.5) is 18.9 Å². The first-order valence-corrected chi connectivity index (χ1v) is 12.1. The van der Waals surface area contributed by atoms with Crippen LogP contribution in [0.1, 0.15) is 28.5 Å². The first-order chi connectivity index (χ1) is 16.9. The summed E-state index contributed by atoms with van der Waals surface area (Å²) in [6, 6.07) is 5.25. The molecule has 0 bridgehead atoms. The van der Waals surface area contributed by atoms with Gasteiger partial charge in [-0.15, -0.1) is 0 Å². The Kier molecular flexibility index (Phi) is 6.92. The number of nitrogens with zero attached hydrogens (tertiary/aromatic N) is 4. The Morgan fingerprint density at radius 2 is 1.94 bits per heavy atom. The van der Waals surface area contributed by atoms with Crippen LogP contribution in [0.2, 0.25) is 5.02 Å². The molecule has 4 rings (SSSR count). The molecule has 0 aliphatic carbocycles. The first kappa shape index (κ1) is 25.8. The summed E-state index contributed by atoms with van der Waals surface area (Å²) in [7, 11) is -3.41. The van der Waals surface area contributed by atoms with Crippen LogP contribution in [-0.2, 0) is 20.9 Å². The molecule has 0 aliphatic heterocycles. The van der Waals surface area contributed by atoms with Crippen molar-refractivity contribution >= 4 is 38.3 Å². The minimum absolute atomic E-state index is 0.0695. The number of H-pyrrole nitrogens is 1. The molecule has 1 unspecified atom stereocenters. The van der Waals surface area contributed by atoms with Crippen molar-refractivity contribution in [2.45, 2.75) is 24.1 Å². The van der Waals surface area contributed by atoms with Crippen molar-refractivity contribution in [1.82, 2.24) is 20.2 Å². The monoisotopic (exact) mass is 541 g/mol. The summed E-state index contributed by atoms with van der Waals surface area (Å²) in [5.41, 5.74) is -0.187. The van der Waals surface area contributed by atoms with Crippen LogP contribution in [0.5, 0.6) is 0 Å². The molecule has 2 N–H and O–H groups in total.